The van der Waals surface area contributed by atoms with Crippen molar-refractivity contribution in [2.45, 2.75) is 69.8 Å². The van der Waals surface area contributed by atoms with E-state index in [1.165, 1.54) is 11.8 Å². The lowest BCUT2D eigenvalue weighted by molar-refractivity contribution is 0.0436. The van der Waals surface area contributed by atoms with Crippen LogP contribution in [-0.4, -0.2) is 73.6 Å². The summed E-state index contributed by atoms with van der Waals surface area (Å²) < 4.78 is 10.9. The van der Waals surface area contributed by atoms with E-state index < -0.39 is 24.0 Å². The SMILES string of the molecule is CCCCNC(=O)c1ccc2c(c1)N(Cc1ccc(N3CCOCC3)cc1)C(O)[C@@H](NC(=O)OC(C)(C)C)CS2. The minimum atomic E-state index is -1.04. The number of carbonyl (C=O) groups excluding carboxylic acids is 2. The van der Waals surface area contributed by atoms with Gasteiger partial charge in [-0.3, -0.25) is 4.79 Å². The van der Waals surface area contributed by atoms with E-state index in [1.807, 2.05) is 23.1 Å². The number of aliphatic hydroxyl groups excluding tert-OH is 1. The van der Waals surface area contributed by atoms with E-state index in [0.717, 1.165) is 61.0 Å². The number of hydrogen-bond donors (Lipinski definition) is 3. The van der Waals surface area contributed by atoms with E-state index in [9.17, 15) is 14.7 Å². The van der Waals surface area contributed by atoms with Crippen LogP contribution in [-0.2, 0) is 16.0 Å². The molecule has 0 radical (unpaired) electrons. The second kappa shape index (κ2) is 13.6. The molecule has 40 heavy (non-hydrogen) atoms. The average molecular weight is 571 g/mol. The smallest absolute Gasteiger partial charge is 0.408 e. The molecule has 1 unspecified atom stereocenters. The minimum Gasteiger partial charge on any atom is -0.444 e. The van der Waals surface area contributed by atoms with Crippen molar-refractivity contribution in [2.75, 3.05) is 48.4 Å². The Morgan fingerprint density at radius 3 is 2.52 bits per heavy atom. The summed E-state index contributed by atoms with van der Waals surface area (Å²) >= 11 is 1.54. The number of alkyl carbamates (subject to hydrolysis) is 1. The third kappa shape index (κ3) is 8.05. The third-order valence-electron chi connectivity index (χ3n) is 6.81. The Morgan fingerprint density at radius 1 is 1.12 bits per heavy atom. The van der Waals surface area contributed by atoms with Crippen molar-refractivity contribution in [1.29, 1.82) is 0 Å². The number of morpholine rings is 1. The molecule has 2 aromatic carbocycles. The van der Waals surface area contributed by atoms with Crippen molar-refractivity contribution in [3.8, 4) is 0 Å². The van der Waals surface area contributed by atoms with Crippen LogP contribution in [0.2, 0.25) is 0 Å². The number of benzene rings is 2. The summed E-state index contributed by atoms with van der Waals surface area (Å²) in [6, 6.07) is 13.3. The van der Waals surface area contributed by atoms with Gasteiger partial charge in [-0.1, -0.05) is 25.5 Å². The molecule has 10 heteroatoms. The first-order valence-corrected chi connectivity index (χ1v) is 15.0. The fourth-order valence-electron chi connectivity index (χ4n) is 4.70. The molecule has 1 fully saturated rings. The van der Waals surface area contributed by atoms with E-state index in [4.69, 9.17) is 9.47 Å². The van der Waals surface area contributed by atoms with E-state index in [-0.39, 0.29) is 5.91 Å². The van der Waals surface area contributed by atoms with Crippen LogP contribution in [0.25, 0.3) is 0 Å². The van der Waals surface area contributed by atoms with Crippen LogP contribution in [0.15, 0.2) is 47.4 Å². The second-order valence-corrected chi connectivity index (χ2v) is 12.2. The highest BCUT2D eigenvalue weighted by molar-refractivity contribution is 7.99. The highest BCUT2D eigenvalue weighted by Crippen LogP contribution is 2.38. The standard InChI is InChI=1S/C30H42N4O5S/c1-5-6-13-31-27(35)22-9-12-26-25(18-22)34(28(36)24(20-40-26)32-29(37)39-30(2,3)4)19-21-7-10-23(11-8-21)33-14-16-38-17-15-33/h7-12,18,24,28,36H,5-6,13-17,19-20H2,1-4H3,(H,31,35)(H,32,37)/t24-,28?/m0/s1. The van der Waals surface area contributed by atoms with Crippen LogP contribution in [0.3, 0.4) is 0 Å². The topological polar surface area (TPSA) is 103 Å². The van der Waals surface area contributed by atoms with Gasteiger partial charge in [-0.15, -0.1) is 11.8 Å². The number of ether oxygens (including phenoxy) is 2. The zero-order valence-corrected chi connectivity index (χ0v) is 24.8. The van der Waals surface area contributed by atoms with Gasteiger partial charge in [0.15, 0.2) is 0 Å². The molecule has 2 heterocycles. The number of nitrogens with one attached hydrogen (secondary N) is 2. The predicted octanol–water partition coefficient (Wildman–Crippen LogP) is 4.38. The van der Waals surface area contributed by atoms with Gasteiger partial charge in [0.25, 0.3) is 5.91 Å². The number of aliphatic hydroxyl groups is 1. The highest BCUT2D eigenvalue weighted by Gasteiger charge is 2.34. The maximum absolute atomic E-state index is 12.9. The molecule has 0 bridgehead atoms. The molecular weight excluding hydrogens is 528 g/mol. The van der Waals surface area contributed by atoms with Gasteiger partial charge in [-0.05, 0) is 63.1 Å². The number of fused-ring (bicyclic) bond motifs is 1. The molecule has 0 spiro atoms. The molecule has 2 atom stereocenters. The molecule has 2 aliphatic heterocycles. The Balaban J connectivity index is 1.60. The van der Waals surface area contributed by atoms with Crippen LogP contribution in [0.5, 0.6) is 0 Å². The van der Waals surface area contributed by atoms with Gasteiger partial charge in [0, 0.05) is 48.1 Å². The van der Waals surface area contributed by atoms with Crippen LogP contribution in [0, 0.1) is 0 Å². The molecule has 9 nitrogen and oxygen atoms in total. The number of hydrogen-bond acceptors (Lipinski definition) is 8. The number of anilines is 2. The van der Waals surface area contributed by atoms with Crippen molar-refractivity contribution >= 4 is 35.1 Å². The summed E-state index contributed by atoms with van der Waals surface area (Å²) in [5, 5.41) is 17.5. The Morgan fingerprint density at radius 2 is 1.85 bits per heavy atom. The van der Waals surface area contributed by atoms with Gasteiger partial charge in [0.1, 0.15) is 11.8 Å². The summed E-state index contributed by atoms with van der Waals surface area (Å²) in [5.74, 6) is 0.306. The molecular formula is C30H42N4O5S. The van der Waals surface area contributed by atoms with E-state index in [1.54, 1.807) is 20.8 Å². The molecule has 3 N–H and O–H groups in total. The summed E-state index contributed by atoms with van der Waals surface area (Å²) in [6.45, 7) is 11.7. The Labute approximate surface area is 241 Å². The first-order chi connectivity index (χ1) is 19.1. The molecule has 2 aromatic rings. The van der Waals surface area contributed by atoms with Gasteiger partial charge in [-0.25, -0.2) is 4.79 Å². The quantitative estimate of drug-likeness (QED) is 0.402. The molecule has 1 saturated heterocycles. The van der Waals surface area contributed by atoms with E-state index in [2.05, 4.69) is 46.7 Å². The summed E-state index contributed by atoms with van der Waals surface area (Å²) in [5.41, 5.74) is 2.77. The number of amides is 2. The minimum absolute atomic E-state index is 0.141. The Kier molecular flexibility index (Phi) is 10.2. The first kappa shape index (κ1) is 30.0. The fourth-order valence-corrected chi connectivity index (χ4v) is 5.80. The number of nitrogens with zero attached hydrogens (tertiary/aromatic N) is 2. The van der Waals surface area contributed by atoms with Crippen molar-refractivity contribution in [3.63, 3.8) is 0 Å². The lowest BCUT2D eigenvalue weighted by Crippen LogP contribution is -2.53. The van der Waals surface area contributed by atoms with Gasteiger partial charge < -0.3 is 35.0 Å². The maximum Gasteiger partial charge on any atom is 0.408 e. The van der Waals surface area contributed by atoms with Gasteiger partial charge in [0.05, 0.1) is 24.9 Å². The maximum atomic E-state index is 12.9. The molecule has 2 amide bonds. The van der Waals surface area contributed by atoms with Gasteiger partial charge in [-0.2, -0.15) is 0 Å². The summed E-state index contributed by atoms with van der Waals surface area (Å²) in [4.78, 5) is 30.6. The zero-order valence-electron chi connectivity index (χ0n) is 23.9. The molecule has 0 aromatic heterocycles. The van der Waals surface area contributed by atoms with Gasteiger partial charge in [0.2, 0.25) is 0 Å². The van der Waals surface area contributed by atoms with Crippen molar-refractivity contribution in [2.24, 2.45) is 0 Å². The van der Waals surface area contributed by atoms with Crippen molar-refractivity contribution < 1.29 is 24.2 Å². The summed E-state index contributed by atoms with van der Waals surface area (Å²) in [7, 11) is 0. The van der Waals surface area contributed by atoms with Crippen LogP contribution in [0.1, 0.15) is 56.5 Å². The van der Waals surface area contributed by atoms with Crippen LogP contribution >= 0.6 is 11.8 Å². The lowest BCUT2D eigenvalue weighted by Gasteiger charge is -2.34. The summed E-state index contributed by atoms with van der Waals surface area (Å²) in [6.07, 6.45) is 0.292. The molecule has 218 valence electrons. The van der Waals surface area contributed by atoms with Crippen molar-refractivity contribution in [3.05, 3.63) is 53.6 Å². The van der Waals surface area contributed by atoms with Crippen LogP contribution in [0.4, 0.5) is 16.2 Å². The molecule has 0 aliphatic carbocycles. The number of rotatable bonds is 8. The molecule has 4 rings (SSSR count). The second-order valence-electron chi connectivity index (χ2n) is 11.2. The molecule has 2 aliphatic rings. The third-order valence-corrected chi connectivity index (χ3v) is 7.99. The highest BCUT2D eigenvalue weighted by atomic mass is 32.2. The lowest BCUT2D eigenvalue weighted by atomic mass is 10.1. The predicted molar refractivity (Wildman–Crippen MR) is 159 cm³/mol. The van der Waals surface area contributed by atoms with E-state index in [0.29, 0.717) is 24.4 Å². The Bertz CT molecular complexity index is 1150. The van der Waals surface area contributed by atoms with Gasteiger partial charge >= 0.3 is 6.09 Å². The number of unbranched alkanes of at least 4 members (excludes halogenated alkanes) is 1. The number of carbonyl (C=O) groups is 2. The fraction of sp³-hybridized carbons (Fsp3) is 0.533. The number of thioether (sulfide) groups is 1. The monoisotopic (exact) mass is 570 g/mol. The van der Waals surface area contributed by atoms with Crippen molar-refractivity contribution in [1.82, 2.24) is 10.6 Å². The zero-order chi connectivity index (χ0) is 28.7. The average Bonchev–Trinajstić information content (AvgIpc) is 3.05. The Hall–Kier alpha value is -2.95. The van der Waals surface area contributed by atoms with Crippen LogP contribution < -0.4 is 20.4 Å². The first-order valence-electron chi connectivity index (χ1n) is 14.1. The largest absolute Gasteiger partial charge is 0.444 e. The normalized spacial score (nSPS) is 19.4. The van der Waals surface area contributed by atoms with E-state index >= 15 is 0 Å². The molecule has 0 saturated carbocycles.